The van der Waals surface area contributed by atoms with Crippen LogP contribution in [0.25, 0.3) is 0 Å². The molecule has 6 heteroatoms. The summed E-state index contributed by atoms with van der Waals surface area (Å²) in [7, 11) is -3.57. The molecule has 1 heterocycles. The van der Waals surface area contributed by atoms with E-state index in [0.717, 1.165) is 12.8 Å². The molecule has 0 bridgehead atoms. The molecule has 1 aliphatic rings. The third-order valence-corrected chi connectivity index (χ3v) is 5.64. The Bertz CT molecular complexity index is 573. The van der Waals surface area contributed by atoms with Crippen molar-refractivity contribution in [2.24, 2.45) is 11.7 Å². The smallest absolute Gasteiger partial charge is 0.244 e. The molecule has 2 rings (SSSR count). The lowest BCUT2D eigenvalue weighted by atomic mass is 10.1. The fourth-order valence-corrected chi connectivity index (χ4v) is 4.42. The summed E-state index contributed by atoms with van der Waals surface area (Å²) in [6.07, 6.45) is 4.15. The Morgan fingerprint density at radius 1 is 1.35 bits per heavy atom. The van der Waals surface area contributed by atoms with Gasteiger partial charge in [-0.2, -0.15) is 0 Å². The zero-order chi connectivity index (χ0) is 14.9. The first kappa shape index (κ1) is 15.5. The highest BCUT2D eigenvalue weighted by Gasteiger charge is 2.31. The lowest BCUT2D eigenvalue weighted by Crippen LogP contribution is -2.35. The van der Waals surface area contributed by atoms with Crippen molar-refractivity contribution in [1.82, 2.24) is 4.72 Å². The average molecular weight is 300 g/mol. The standard InChI is InChI=1S/C14H24N2O3S/c1-4-12(7-11-5-6-11)16-20(17,18)14-10(3)19-9(2)13(14)8-15/h11-12,16H,4-8,15H2,1-3H3. The monoisotopic (exact) mass is 300 g/mol. The number of nitrogens with two attached hydrogens (primary N) is 1. The van der Waals surface area contributed by atoms with Gasteiger partial charge in [0.25, 0.3) is 0 Å². The van der Waals surface area contributed by atoms with E-state index >= 15 is 0 Å². The molecule has 0 aliphatic heterocycles. The van der Waals surface area contributed by atoms with Crippen molar-refractivity contribution in [3.63, 3.8) is 0 Å². The van der Waals surface area contributed by atoms with Gasteiger partial charge in [-0.15, -0.1) is 0 Å². The maximum Gasteiger partial charge on any atom is 0.244 e. The predicted molar refractivity (Wildman–Crippen MR) is 77.8 cm³/mol. The summed E-state index contributed by atoms with van der Waals surface area (Å²) < 4.78 is 33.4. The molecular weight excluding hydrogens is 276 g/mol. The molecule has 1 unspecified atom stereocenters. The number of nitrogens with one attached hydrogen (secondary N) is 1. The van der Waals surface area contributed by atoms with Gasteiger partial charge in [0.2, 0.25) is 10.0 Å². The van der Waals surface area contributed by atoms with Gasteiger partial charge in [-0.25, -0.2) is 13.1 Å². The van der Waals surface area contributed by atoms with Crippen LogP contribution in [-0.2, 0) is 16.6 Å². The Kier molecular flexibility index (Phi) is 4.56. The van der Waals surface area contributed by atoms with Gasteiger partial charge in [-0.3, -0.25) is 0 Å². The fourth-order valence-electron chi connectivity index (χ4n) is 2.63. The third kappa shape index (κ3) is 3.24. The lowest BCUT2D eigenvalue weighted by Gasteiger charge is -2.17. The van der Waals surface area contributed by atoms with Crippen LogP contribution in [0, 0.1) is 19.8 Å². The number of furan rings is 1. The van der Waals surface area contributed by atoms with Gasteiger partial charge in [0.05, 0.1) is 0 Å². The van der Waals surface area contributed by atoms with Gasteiger partial charge in [0, 0.05) is 18.2 Å². The van der Waals surface area contributed by atoms with E-state index in [0.29, 0.717) is 23.0 Å². The number of hydrogen-bond donors (Lipinski definition) is 2. The largest absolute Gasteiger partial charge is 0.465 e. The minimum atomic E-state index is -3.57. The molecule has 0 saturated heterocycles. The van der Waals surface area contributed by atoms with Gasteiger partial charge >= 0.3 is 0 Å². The third-order valence-electron chi connectivity index (χ3n) is 3.93. The normalized spacial score (nSPS) is 17.4. The highest BCUT2D eigenvalue weighted by atomic mass is 32.2. The van der Waals surface area contributed by atoms with Crippen LogP contribution in [0.15, 0.2) is 9.31 Å². The Morgan fingerprint density at radius 3 is 2.50 bits per heavy atom. The number of aryl methyl sites for hydroxylation is 2. The van der Waals surface area contributed by atoms with Crippen LogP contribution >= 0.6 is 0 Å². The van der Waals surface area contributed by atoms with Crippen molar-refractivity contribution in [2.75, 3.05) is 0 Å². The van der Waals surface area contributed by atoms with E-state index in [1.54, 1.807) is 13.8 Å². The molecule has 1 saturated carbocycles. The maximum absolute atomic E-state index is 12.6. The minimum absolute atomic E-state index is 0.00673. The van der Waals surface area contributed by atoms with Gasteiger partial charge in [0.15, 0.2) is 0 Å². The summed E-state index contributed by atoms with van der Waals surface area (Å²) in [5.41, 5.74) is 6.24. The van der Waals surface area contributed by atoms with E-state index in [4.69, 9.17) is 10.2 Å². The first-order chi connectivity index (χ1) is 9.39. The van der Waals surface area contributed by atoms with E-state index in [1.807, 2.05) is 6.92 Å². The predicted octanol–water partition coefficient (Wildman–Crippen LogP) is 2.21. The van der Waals surface area contributed by atoms with Crippen LogP contribution in [0.4, 0.5) is 0 Å². The van der Waals surface area contributed by atoms with Gasteiger partial charge in [0.1, 0.15) is 16.4 Å². The maximum atomic E-state index is 12.6. The molecule has 1 aromatic heterocycles. The van der Waals surface area contributed by atoms with Crippen LogP contribution in [0.3, 0.4) is 0 Å². The van der Waals surface area contributed by atoms with Crippen molar-refractivity contribution in [3.8, 4) is 0 Å². The molecular formula is C14H24N2O3S. The van der Waals surface area contributed by atoms with Crippen molar-refractivity contribution < 1.29 is 12.8 Å². The summed E-state index contributed by atoms with van der Waals surface area (Å²) >= 11 is 0. The summed E-state index contributed by atoms with van der Waals surface area (Å²) in [4.78, 5) is 0.228. The quantitative estimate of drug-likeness (QED) is 0.808. The zero-order valence-corrected chi connectivity index (χ0v) is 13.2. The highest BCUT2D eigenvalue weighted by molar-refractivity contribution is 7.89. The summed E-state index contributed by atoms with van der Waals surface area (Å²) in [5, 5.41) is 0. The highest BCUT2D eigenvalue weighted by Crippen LogP contribution is 2.34. The fraction of sp³-hybridized carbons (Fsp3) is 0.714. The topological polar surface area (TPSA) is 85.3 Å². The van der Waals surface area contributed by atoms with Crippen molar-refractivity contribution in [2.45, 2.75) is 63.9 Å². The molecule has 1 fully saturated rings. The van der Waals surface area contributed by atoms with E-state index in [2.05, 4.69) is 4.72 Å². The molecule has 1 aliphatic carbocycles. The minimum Gasteiger partial charge on any atom is -0.465 e. The van der Waals surface area contributed by atoms with Gasteiger partial charge < -0.3 is 10.2 Å². The molecule has 0 aromatic carbocycles. The molecule has 20 heavy (non-hydrogen) atoms. The van der Waals surface area contributed by atoms with Crippen LogP contribution in [0.5, 0.6) is 0 Å². The number of rotatable bonds is 7. The van der Waals surface area contributed by atoms with E-state index in [-0.39, 0.29) is 17.5 Å². The molecule has 1 atom stereocenters. The first-order valence-electron chi connectivity index (χ1n) is 7.20. The lowest BCUT2D eigenvalue weighted by molar-refractivity contribution is 0.484. The molecule has 0 amide bonds. The second-order valence-electron chi connectivity index (χ2n) is 5.63. The molecule has 0 spiro atoms. The number of sulfonamides is 1. The Labute approximate surface area is 121 Å². The second-order valence-corrected chi connectivity index (χ2v) is 7.28. The Balaban J connectivity index is 2.24. The Morgan fingerprint density at radius 2 is 2.00 bits per heavy atom. The van der Waals surface area contributed by atoms with Crippen molar-refractivity contribution in [1.29, 1.82) is 0 Å². The van der Waals surface area contributed by atoms with Crippen molar-refractivity contribution >= 4 is 10.0 Å². The van der Waals surface area contributed by atoms with Crippen LogP contribution in [-0.4, -0.2) is 14.5 Å². The van der Waals surface area contributed by atoms with Gasteiger partial charge in [-0.05, 0) is 32.6 Å². The Hall–Kier alpha value is -0.850. The first-order valence-corrected chi connectivity index (χ1v) is 8.68. The summed E-state index contributed by atoms with van der Waals surface area (Å²) in [5.74, 6) is 1.68. The van der Waals surface area contributed by atoms with Crippen molar-refractivity contribution in [3.05, 3.63) is 17.1 Å². The van der Waals surface area contributed by atoms with E-state index < -0.39 is 10.0 Å². The van der Waals surface area contributed by atoms with Crippen LogP contribution in [0.2, 0.25) is 0 Å². The second kappa shape index (κ2) is 5.87. The average Bonchev–Trinajstić information content (AvgIpc) is 3.12. The van der Waals surface area contributed by atoms with Gasteiger partial charge in [-0.1, -0.05) is 19.8 Å². The van der Waals surface area contributed by atoms with Crippen LogP contribution in [0.1, 0.15) is 49.7 Å². The SMILES string of the molecule is CCC(CC1CC1)NS(=O)(=O)c1c(C)oc(C)c1CN. The summed E-state index contributed by atoms with van der Waals surface area (Å²) in [6.45, 7) is 5.59. The molecule has 5 nitrogen and oxygen atoms in total. The zero-order valence-electron chi connectivity index (χ0n) is 12.4. The van der Waals surface area contributed by atoms with Crippen LogP contribution < -0.4 is 10.5 Å². The van der Waals surface area contributed by atoms with E-state index in [9.17, 15) is 8.42 Å². The molecule has 1 aromatic rings. The molecule has 114 valence electrons. The van der Waals surface area contributed by atoms with E-state index in [1.165, 1.54) is 12.8 Å². The molecule has 3 N–H and O–H groups in total. The summed E-state index contributed by atoms with van der Waals surface area (Å²) in [6, 6.07) is -0.00673. The molecule has 0 radical (unpaired) electrons. The number of hydrogen-bond acceptors (Lipinski definition) is 4.